The second-order valence-electron chi connectivity index (χ2n) is 6.63. The molecule has 1 atom stereocenters. The van der Waals surface area contributed by atoms with Crippen LogP contribution in [-0.2, 0) is 27.2 Å². The Morgan fingerprint density at radius 1 is 1.09 bits per heavy atom. The molecule has 5 nitrogen and oxygen atoms in total. The first-order chi connectivity index (χ1) is 11.3. The van der Waals surface area contributed by atoms with Gasteiger partial charge in [0.1, 0.15) is 0 Å². The number of hydrogen-bond acceptors (Lipinski definition) is 4. The summed E-state index contributed by atoms with van der Waals surface area (Å²) in [7, 11) is 0. The van der Waals surface area contributed by atoms with Gasteiger partial charge in [-0.15, -0.1) is 0 Å². The molecule has 3 heterocycles. The highest BCUT2D eigenvalue weighted by atomic mass is 16.5. The Morgan fingerprint density at radius 2 is 1.96 bits per heavy atom. The van der Waals surface area contributed by atoms with E-state index in [-0.39, 0.29) is 17.6 Å². The fourth-order valence-corrected chi connectivity index (χ4v) is 3.90. The summed E-state index contributed by atoms with van der Waals surface area (Å²) in [5.41, 5.74) is 2.93. The molecule has 0 radical (unpaired) electrons. The standard InChI is InChI=1S/C18H23NO4/c20-17(14-1-2-15-12-22-7-3-13(15)11-14)19-16-4-8-23-18(16)5-9-21-10-6-18/h1-2,11,16H,3-10,12H2,(H,19,20). The normalized spacial score (nSPS) is 26.0. The predicted molar refractivity (Wildman–Crippen MR) is 84.4 cm³/mol. The zero-order valence-corrected chi connectivity index (χ0v) is 13.3. The molecule has 0 aromatic heterocycles. The van der Waals surface area contributed by atoms with Gasteiger partial charge in [-0.05, 0) is 36.1 Å². The van der Waals surface area contributed by atoms with E-state index < -0.39 is 0 Å². The van der Waals surface area contributed by atoms with Gasteiger partial charge in [-0.2, -0.15) is 0 Å². The molecule has 3 aliphatic rings. The van der Waals surface area contributed by atoms with Gasteiger partial charge in [0.25, 0.3) is 5.91 Å². The van der Waals surface area contributed by atoms with Crippen LogP contribution in [0.1, 0.15) is 40.7 Å². The lowest BCUT2D eigenvalue weighted by Crippen LogP contribution is -2.52. The molecule has 2 fully saturated rings. The van der Waals surface area contributed by atoms with Crippen LogP contribution < -0.4 is 5.32 Å². The second-order valence-corrected chi connectivity index (χ2v) is 6.63. The summed E-state index contributed by atoms with van der Waals surface area (Å²) in [5, 5.41) is 3.21. The average molecular weight is 317 g/mol. The van der Waals surface area contributed by atoms with Crippen molar-refractivity contribution < 1.29 is 19.0 Å². The Labute approximate surface area is 136 Å². The van der Waals surface area contributed by atoms with Crippen molar-refractivity contribution in [2.75, 3.05) is 26.4 Å². The highest BCUT2D eigenvalue weighted by Crippen LogP contribution is 2.35. The third-order valence-electron chi connectivity index (χ3n) is 5.32. The van der Waals surface area contributed by atoms with Gasteiger partial charge in [-0.3, -0.25) is 4.79 Å². The Morgan fingerprint density at radius 3 is 2.83 bits per heavy atom. The minimum atomic E-state index is -0.226. The topological polar surface area (TPSA) is 56.8 Å². The number of ether oxygens (including phenoxy) is 3. The Bertz CT molecular complexity index is 595. The Balaban J connectivity index is 1.49. The summed E-state index contributed by atoms with van der Waals surface area (Å²) >= 11 is 0. The molecule has 0 aliphatic carbocycles. The molecule has 1 aromatic rings. The molecule has 1 aromatic carbocycles. The minimum absolute atomic E-state index is 0.000610. The smallest absolute Gasteiger partial charge is 0.251 e. The predicted octanol–water partition coefficient (Wildman–Crippen LogP) is 1.83. The first-order valence-electron chi connectivity index (χ1n) is 8.49. The Hall–Kier alpha value is -1.43. The van der Waals surface area contributed by atoms with E-state index in [9.17, 15) is 4.79 Å². The van der Waals surface area contributed by atoms with Crippen molar-refractivity contribution in [3.8, 4) is 0 Å². The van der Waals surface area contributed by atoms with Gasteiger partial charge >= 0.3 is 0 Å². The van der Waals surface area contributed by atoms with E-state index in [2.05, 4.69) is 5.32 Å². The molecule has 4 rings (SSSR count). The van der Waals surface area contributed by atoms with Crippen LogP contribution in [0.5, 0.6) is 0 Å². The van der Waals surface area contributed by atoms with Gasteiger partial charge in [0.15, 0.2) is 0 Å². The van der Waals surface area contributed by atoms with Crippen molar-refractivity contribution in [1.29, 1.82) is 0 Å². The van der Waals surface area contributed by atoms with E-state index in [0.29, 0.717) is 26.4 Å². The summed E-state index contributed by atoms with van der Waals surface area (Å²) < 4.78 is 16.9. The highest BCUT2D eigenvalue weighted by Gasteiger charge is 2.46. The molecule has 0 saturated carbocycles. The van der Waals surface area contributed by atoms with Crippen LogP contribution in [-0.4, -0.2) is 44.0 Å². The largest absolute Gasteiger partial charge is 0.381 e. The van der Waals surface area contributed by atoms with Crippen LogP contribution in [0, 0.1) is 0 Å². The summed E-state index contributed by atoms with van der Waals surface area (Å²) in [6, 6.07) is 6.01. The molecule has 3 aliphatic heterocycles. The fourth-order valence-electron chi connectivity index (χ4n) is 3.90. The van der Waals surface area contributed by atoms with E-state index in [4.69, 9.17) is 14.2 Å². The van der Waals surface area contributed by atoms with Crippen LogP contribution in [0.25, 0.3) is 0 Å². The van der Waals surface area contributed by atoms with Crippen LogP contribution in [0.15, 0.2) is 18.2 Å². The van der Waals surface area contributed by atoms with E-state index in [1.165, 1.54) is 11.1 Å². The van der Waals surface area contributed by atoms with Crippen LogP contribution >= 0.6 is 0 Å². The quantitative estimate of drug-likeness (QED) is 0.904. The summed E-state index contributed by atoms with van der Waals surface area (Å²) in [6.45, 7) is 3.53. The van der Waals surface area contributed by atoms with Crippen molar-refractivity contribution in [2.24, 2.45) is 0 Å². The maximum atomic E-state index is 12.7. The van der Waals surface area contributed by atoms with E-state index in [1.807, 2.05) is 18.2 Å². The molecule has 124 valence electrons. The maximum Gasteiger partial charge on any atom is 0.251 e. The van der Waals surface area contributed by atoms with Gasteiger partial charge < -0.3 is 19.5 Å². The molecule has 23 heavy (non-hydrogen) atoms. The average Bonchev–Trinajstić information content (AvgIpc) is 2.96. The third kappa shape index (κ3) is 2.89. The van der Waals surface area contributed by atoms with Crippen molar-refractivity contribution >= 4 is 5.91 Å². The van der Waals surface area contributed by atoms with Crippen molar-refractivity contribution in [2.45, 2.75) is 43.9 Å². The first-order valence-corrected chi connectivity index (χ1v) is 8.49. The SMILES string of the molecule is O=C(NC1CCOC12CCOCC2)c1ccc2c(c1)CCOC2. The van der Waals surface area contributed by atoms with Crippen LogP contribution in [0.4, 0.5) is 0 Å². The minimum Gasteiger partial charge on any atom is -0.381 e. The molecule has 2 saturated heterocycles. The first kappa shape index (κ1) is 15.1. The second kappa shape index (κ2) is 6.23. The van der Waals surface area contributed by atoms with Crippen molar-refractivity contribution in [3.05, 3.63) is 34.9 Å². The lowest BCUT2D eigenvalue weighted by Gasteiger charge is -2.37. The number of carbonyl (C=O) groups excluding carboxylic acids is 1. The van der Waals surface area contributed by atoms with Gasteiger partial charge in [-0.1, -0.05) is 6.07 Å². The summed E-state index contributed by atoms with van der Waals surface area (Å²) in [4.78, 5) is 12.7. The number of nitrogens with one attached hydrogen (secondary N) is 1. The number of fused-ring (bicyclic) bond motifs is 1. The zero-order chi connectivity index (χ0) is 15.7. The van der Waals surface area contributed by atoms with E-state index in [1.54, 1.807) is 0 Å². The number of rotatable bonds is 2. The molecule has 0 bridgehead atoms. The van der Waals surface area contributed by atoms with Gasteiger partial charge in [0.05, 0.1) is 24.9 Å². The zero-order valence-electron chi connectivity index (χ0n) is 13.3. The monoisotopic (exact) mass is 317 g/mol. The molecular formula is C18H23NO4. The Kier molecular flexibility index (Phi) is 4.09. The lowest BCUT2D eigenvalue weighted by atomic mass is 9.86. The van der Waals surface area contributed by atoms with Crippen LogP contribution in [0.3, 0.4) is 0 Å². The van der Waals surface area contributed by atoms with Crippen molar-refractivity contribution in [3.63, 3.8) is 0 Å². The van der Waals surface area contributed by atoms with Crippen molar-refractivity contribution in [1.82, 2.24) is 5.32 Å². The molecule has 1 unspecified atom stereocenters. The third-order valence-corrected chi connectivity index (χ3v) is 5.32. The number of benzene rings is 1. The van der Waals surface area contributed by atoms with E-state index in [0.717, 1.165) is 37.9 Å². The number of carbonyl (C=O) groups is 1. The van der Waals surface area contributed by atoms with Crippen LogP contribution in [0.2, 0.25) is 0 Å². The maximum absolute atomic E-state index is 12.7. The molecule has 1 N–H and O–H groups in total. The number of hydrogen-bond donors (Lipinski definition) is 1. The van der Waals surface area contributed by atoms with Gasteiger partial charge in [-0.25, -0.2) is 0 Å². The van der Waals surface area contributed by atoms with E-state index >= 15 is 0 Å². The molecule has 1 amide bonds. The number of amides is 1. The molecule has 1 spiro atoms. The fraction of sp³-hybridized carbons (Fsp3) is 0.611. The summed E-state index contributed by atoms with van der Waals surface area (Å²) in [5.74, 6) is 0.000610. The lowest BCUT2D eigenvalue weighted by molar-refractivity contribution is -0.0872. The summed E-state index contributed by atoms with van der Waals surface area (Å²) in [6.07, 6.45) is 3.48. The molecular weight excluding hydrogens is 294 g/mol. The molecule has 5 heteroatoms. The highest BCUT2D eigenvalue weighted by molar-refractivity contribution is 5.94. The van der Waals surface area contributed by atoms with Gasteiger partial charge in [0.2, 0.25) is 0 Å². The van der Waals surface area contributed by atoms with Gasteiger partial charge in [0, 0.05) is 38.2 Å².